The second kappa shape index (κ2) is 28.7. The van der Waals surface area contributed by atoms with Crippen LogP contribution >= 0.6 is 0 Å². The van der Waals surface area contributed by atoms with Gasteiger partial charge in [-0.2, -0.15) is 0 Å². The minimum Gasteiger partial charge on any atom is -0.462 e. The predicted molar refractivity (Wildman–Crippen MR) is 178 cm³/mol. The van der Waals surface area contributed by atoms with Crippen LogP contribution in [0.5, 0.6) is 0 Å². The number of hydrogen-bond donors (Lipinski definition) is 4. The highest BCUT2D eigenvalue weighted by Crippen LogP contribution is 2.22. The van der Waals surface area contributed by atoms with Gasteiger partial charge in [-0.25, -0.2) is 0 Å². The highest BCUT2D eigenvalue weighted by Gasteiger charge is 2.44. The van der Waals surface area contributed by atoms with E-state index >= 15 is 0 Å². The van der Waals surface area contributed by atoms with Gasteiger partial charge in [0.25, 0.3) is 0 Å². The van der Waals surface area contributed by atoms with E-state index in [1.54, 1.807) is 0 Å². The van der Waals surface area contributed by atoms with Crippen LogP contribution in [0.25, 0.3) is 0 Å². The minimum absolute atomic E-state index is 0.210. The number of aliphatic hydroxyl groups is 4. The third kappa shape index (κ3) is 20.8. The van der Waals surface area contributed by atoms with Crippen molar-refractivity contribution in [1.82, 2.24) is 0 Å². The van der Waals surface area contributed by atoms with Crippen LogP contribution in [0, 0.1) is 0 Å². The quantitative estimate of drug-likeness (QED) is 0.0512. The van der Waals surface area contributed by atoms with Crippen molar-refractivity contribution in [2.75, 3.05) is 19.8 Å². The van der Waals surface area contributed by atoms with Crippen LogP contribution in [0.15, 0.2) is 0 Å². The first-order valence-electron chi connectivity index (χ1n) is 18.6. The topological polar surface area (TPSA) is 152 Å². The number of esters is 2. The molecule has 10 heteroatoms. The molecule has 6 atom stereocenters. The van der Waals surface area contributed by atoms with Crippen molar-refractivity contribution in [2.24, 2.45) is 0 Å². The molecule has 272 valence electrons. The first-order valence-corrected chi connectivity index (χ1v) is 18.6. The van der Waals surface area contributed by atoms with E-state index in [0.29, 0.717) is 6.42 Å². The molecular weight excluding hydrogens is 592 g/mol. The van der Waals surface area contributed by atoms with E-state index in [4.69, 9.17) is 18.9 Å². The number of aliphatic hydroxyl groups excluding tert-OH is 4. The van der Waals surface area contributed by atoms with Gasteiger partial charge in [-0.05, 0) is 12.8 Å². The van der Waals surface area contributed by atoms with Gasteiger partial charge in [0.2, 0.25) is 0 Å². The van der Waals surface area contributed by atoms with E-state index in [2.05, 4.69) is 13.8 Å². The predicted octanol–water partition coefficient (Wildman–Crippen LogP) is 6.27. The van der Waals surface area contributed by atoms with Crippen molar-refractivity contribution >= 4 is 11.9 Å². The average Bonchev–Trinajstić information content (AvgIpc) is 3.05. The standard InChI is InChI=1S/C36H68O10/c1-3-5-7-9-11-13-15-17-19-21-23-25-32(39)45-29(28-44-36-35(42)34(41)33(40)30(26-37)46-36)27-43-31(38)24-22-20-18-16-14-12-10-8-6-4-2/h29-30,33-37,40-42H,3-28H2,1-2H3/t29-,30-,33+,34+,35-,36-/m1/s1. The van der Waals surface area contributed by atoms with E-state index < -0.39 is 49.4 Å². The summed E-state index contributed by atoms with van der Waals surface area (Å²) >= 11 is 0. The van der Waals surface area contributed by atoms with Gasteiger partial charge in [-0.3, -0.25) is 9.59 Å². The smallest absolute Gasteiger partial charge is 0.306 e. The summed E-state index contributed by atoms with van der Waals surface area (Å²) in [6.45, 7) is 3.38. The number of unbranched alkanes of at least 4 members (excludes halogenated alkanes) is 19. The summed E-state index contributed by atoms with van der Waals surface area (Å²) in [4.78, 5) is 25.0. The Labute approximate surface area is 278 Å². The van der Waals surface area contributed by atoms with Gasteiger partial charge in [0.05, 0.1) is 13.2 Å². The summed E-state index contributed by atoms with van der Waals surface area (Å²) in [5, 5.41) is 39.8. The van der Waals surface area contributed by atoms with Crippen molar-refractivity contribution < 1.29 is 49.0 Å². The van der Waals surface area contributed by atoms with E-state index in [-0.39, 0.29) is 32.0 Å². The number of ether oxygens (including phenoxy) is 4. The van der Waals surface area contributed by atoms with Crippen LogP contribution in [0.3, 0.4) is 0 Å². The molecule has 0 saturated carbocycles. The molecule has 10 nitrogen and oxygen atoms in total. The minimum atomic E-state index is -1.59. The lowest BCUT2D eigenvalue weighted by Crippen LogP contribution is -2.59. The normalized spacial score (nSPS) is 22.1. The molecular formula is C36H68O10. The van der Waals surface area contributed by atoms with Crippen LogP contribution < -0.4 is 0 Å². The fraction of sp³-hybridized carbons (Fsp3) is 0.944. The maximum Gasteiger partial charge on any atom is 0.306 e. The molecule has 0 spiro atoms. The second-order valence-electron chi connectivity index (χ2n) is 13.0. The molecule has 0 aromatic heterocycles. The first kappa shape index (κ1) is 42.7. The van der Waals surface area contributed by atoms with E-state index in [9.17, 15) is 30.0 Å². The molecule has 0 unspecified atom stereocenters. The molecule has 0 bridgehead atoms. The Morgan fingerprint density at radius 2 is 1.02 bits per heavy atom. The molecule has 0 amide bonds. The van der Waals surface area contributed by atoms with Crippen LogP contribution in [0.4, 0.5) is 0 Å². The summed E-state index contributed by atoms with van der Waals surface area (Å²) in [5.74, 6) is -0.803. The Hall–Kier alpha value is -1.30. The number of hydrogen-bond acceptors (Lipinski definition) is 10. The Morgan fingerprint density at radius 3 is 1.48 bits per heavy atom. The molecule has 0 aromatic carbocycles. The van der Waals surface area contributed by atoms with Crippen molar-refractivity contribution in [2.45, 2.75) is 198 Å². The monoisotopic (exact) mass is 660 g/mol. The number of rotatable bonds is 30. The lowest BCUT2D eigenvalue weighted by atomic mass is 9.99. The van der Waals surface area contributed by atoms with Gasteiger partial charge in [-0.15, -0.1) is 0 Å². The van der Waals surface area contributed by atoms with Crippen LogP contribution in [-0.4, -0.2) is 89.0 Å². The van der Waals surface area contributed by atoms with Gasteiger partial charge >= 0.3 is 11.9 Å². The van der Waals surface area contributed by atoms with Crippen molar-refractivity contribution in [3.8, 4) is 0 Å². The van der Waals surface area contributed by atoms with E-state index in [1.165, 1.54) is 89.9 Å². The Kier molecular flexibility index (Phi) is 26.6. The van der Waals surface area contributed by atoms with Crippen molar-refractivity contribution in [3.63, 3.8) is 0 Å². The summed E-state index contributed by atoms with van der Waals surface area (Å²) in [7, 11) is 0. The zero-order valence-corrected chi connectivity index (χ0v) is 29.1. The SMILES string of the molecule is CCCCCCCCCCCCCC(=O)O[C@H](COC(=O)CCCCCCCCCCCC)CO[C@@H]1O[C@H](CO)[C@H](O)[C@H](O)[C@H]1O. The zero-order chi connectivity index (χ0) is 33.8. The third-order valence-corrected chi connectivity index (χ3v) is 8.74. The molecule has 1 aliphatic heterocycles. The molecule has 4 N–H and O–H groups in total. The highest BCUT2D eigenvalue weighted by molar-refractivity contribution is 5.70. The molecule has 1 saturated heterocycles. The molecule has 0 radical (unpaired) electrons. The van der Waals surface area contributed by atoms with Crippen molar-refractivity contribution in [3.05, 3.63) is 0 Å². The van der Waals surface area contributed by atoms with Gasteiger partial charge in [0.15, 0.2) is 12.4 Å². The first-order chi connectivity index (χ1) is 22.3. The van der Waals surface area contributed by atoms with Gasteiger partial charge in [-0.1, -0.05) is 136 Å². The summed E-state index contributed by atoms with van der Waals surface area (Å²) in [5.41, 5.74) is 0. The highest BCUT2D eigenvalue weighted by atomic mass is 16.7. The third-order valence-electron chi connectivity index (χ3n) is 8.74. The zero-order valence-electron chi connectivity index (χ0n) is 29.1. The van der Waals surface area contributed by atoms with Crippen LogP contribution in [0.2, 0.25) is 0 Å². The van der Waals surface area contributed by atoms with Gasteiger partial charge in [0.1, 0.15) is 31.0 Å². The summed E-state index contributed by atoms with van der Waals surface area (Å²) in [6, 6.07) is 0. The maximum absolute atomic E-state index is 12.6. The fourth-order valence-corrected chi connectivity index (χ4v) is 5.72. The Bertz CT molecular complexity index is 734. The molecule has 1 rings (SSSR count). The fourth-order valence-electron chi connectivity index (χ4n) is 5.72. The summed E-state index contributed by atoms with van der Waals surface area (Å²) in [6.07, 6.45) is 16.9. The van der Waals surface area contributed by atoms with Gasteiger partial charge < -0.3 is 39.4 Å². The van der Waals surface area contributed by atoms with Crippen molar-refractivity contribution in [1.29, 1.82) is 0 Å². The largest absolute Gasteiger partial charge is 0.462 e. The molecule has 0 aliphatic carbocycles. The number of carbonyl (C=O) groups excluding carboxylic acids is 2. The lowest BCUT2D eigenvalue weighted by molar-refractivity contribution is -0.305. The Morgan fingerprint density at radius 1 is 0.587 bits per heavy atom. The molecule has 0 aromatic rings. The van der Waals surface area contributed by atoms with E-state index in [0.717, 1.165) is 38.5 Å². The lowest BCUT2D eigenvalue weighted by Gasteiger charge is -2.39. The molecule has 46 heavy (non-hydrogen) atoms. The van der Waals surface area contributed by atoms with Gasteiger partial charge in [0, 0.05) is 12.8 Å². The molecule has 1 aliphatic rings. The summed E-state index contributed by atoms with van der Waals surface area (Å²) < 4.78 is 22.0. The maximum atomic E-state index is 12.6. The second-order valence-corrected chi connectivity index (χ2v) is 13.0. The molecule has 1 fully saturated rings. The van der Waals surface area contributed by atoms with Crippen LogP contribution in [0.1, 0.15) is 162 Å². The van der Waals surface area contributed by atoms with E-state index in [1.807, 2.05) is 0 Å². The molecule has 1 heterocycles. The van der Waals surface area contributed by atoms with Crippen LogP contribution in [-0.2, 0) is 28.5 Å². The Balaban J connectivity index is 2.42. The average molecular weight is 661 g/mol. The number of carbonyl (C=O) groups is 2.